The third kappa shape index (κ3) is 5.46. The zero-order chi connectivity index (χ0) is 38.9. The summed E-state index contributed by atoms with van der Waals surface area (Å²) in [6.45, 7) is 0. The summed E-state index contributed by atoms with van der Waals surface area (Å²) in [4.78, 5) is 26.3. The van der Waals surface area contributed by atoms with Crippen LogP contribution in [0.3, 0.4) is 0 Å². The molecule has 7 aromatic carbocycles. The lowest BCUT2D eigenvalue weighted by atomic mass is 9.99. The molecule has 0 saturated carbocycles. The molecule has 0 amide bonds. The van der Waals surface area contributed by atoms with Gasteiger partial charge in [0.15, 0.2) is 5.82 Å². The van der Waals surface area contributed by atoms with E-state index in [1.807, 2.05) is 24.3 Å². The molecule has 6 heteroatoms. The molecule has 0 aliphatic rings. The average Bonchev–Trinajstić information content (AvgIpc) is 3.70. The molecule has 0 spiro atoms. The summed E-state index contributed by atoms with van der Waals surface area (Å²) in [5.74, 6) is 0.593. The van der Waals surface area contributed by atoms with Crippen LogP contribution in [0, 0.1) is 0 Å². The lowest BCUT2D eigenvalue weighted by Gasteiger charge is -2.14. The van der Waals surface area contributed by atoms with Gasteiger partial charge in [0, 0.05) is 44.4 Å². The first kappa shape index (κ1) is 33.1. The number of hydrogen-bond donors (Lipinski definition) is 0. The molecule has 6 nitrogen and oxygen atoms in total. The van der Waals surface area contributed by atoms with Gasteiger partial charge in [-0.15, -0.1) is 0 Å². The Bertz CT molecular complexity index is 3490. The van der Waals surface area contributed by atoms with Crippen molar-refractivity contribution in [1.82, 2.24) is 29.3 Å². The molecule has 0 atom stereocenters. The van der Waals surface area contributed by atoms with Crippen molar-refractivity contribution in [3.05, 3.63) is 194 Å². The number of hydrogen-bond acceptors (Lipinski definition) is 5. The van der Waals surface area contributed by atoms with Gasteiger partial charge in [0.05, 0.1) is 45.2 Å². The van der Waals surface area contributed by atoms with E-state index in [2.05, 4.69) is 174 Å². The number of aromatic nitrogens is 6. The number of pyridine rings is 3. The Kier molecular flexibility index (Phi) is 7.43. The second kappa shape index (κ2) is 13.3. The van der Waals surface area contributed by atoms with Crippen LogP contribution in [-0.4, -0.2) is 29.3 Å². The summed E-state index contributed by atoms with van der Waals surface area (Å²) < 4.78 is 2.17. The zero-order valence-electron chi connectivity index (χ0n) is 31.7. The maximum atomic E-state index is 5.32. The van der Waals surface area contributed by atoms with Gasteiger partial charge in [-0.1, -0.05) is 152 Å². The molecule has 12 rings (SSSR count). The SMILES string of the molecule is c1ccc2cc(-c3nc4ccccn4c3-c3ccc(-c4nc(-c5nc6ccccc6c6ccccc56)cc(-c5nc6ccccc6c6ccccc56)n4)cc3)ccc2c1. The van der Waals surface area contributed by atoms with Crippen LogP contribution < -0.4 is 0 Å². The number of benzene rings is 7. The second-order valence-corrected chi connectivity index (χ2v) is 14.9. The van der Waals surface area contributed by atoms with E-state index in [0.29, 0.717) is 5.82 Å². The van der Waals surface area contributed by atoms with Gasteiger partial charge in [-0.05, 0) is 57.9 Å². The van der Waals surface area contributed by atoms with Crippen molar-refractivity contribution >= 4 is 59.8 Å². The molecule has 0 aliphatic carbocycles. The smallest absolute Gasteiger partial charge is 0.160 e. The number of rotatable bonds is 5. The summed E-state index contributed by atoms with van der Waals surface area (Å²) in [5.41, 5.74) is 10.7. The Morgan fingerprint density at radius 2 is 0.831 bits per heavy atom. The van der Waals surface area contributed by atoms with E-state index in [0.717, 1.165) is 99.9 Å². The minimum atomic E-state index is 0.593. The summed E-state index contributed by atoms with van der Waals surface area (Å²) in [6, 6.07) is 65.2. The molecule has 0 unspecified atom stereocenters. The van der Waals surface area contributed by atoms with Crippen LogP contribution >= 0.6 is 0 Å². The van der Waals surface area contributed by atoms with Gasteiger partial charge >= 0.3 is 0 Å². The molecule has 0 aliphatic heterocycles. The van der Waals surface area contributed by atoms with Crippen LogP contribution in [0.5, 0.6) is 0 Å². The van der Waals surface area contributed by atoms with Crippen molar-refractivity contribution in [2.24, 2.45) is 0 Å². The van der Waals surface area contributed by atoms with Gasteiger partial charge in [-0.3, -0.25) is 4.40 Å². The largest absolute Gasteiger partial charge is 0.299 e. The van der Waals surface area contributed by atoms with Crippen molar-refractivity contribution in [2.45, 2.75) is 0 Å². The maximum Gasteiger partial charge on any atom is 0.160 e. The van der Waals surface area contributed by atoms with Gasteiger partial charge in [-0.2, -0.15) is 0 Å². The van der Waals surface area contributed by atoms with Crippen molar-refractivity contribution < 1.29 is 0 Å². The minimum Gasteiger partial charge on any atom is -0.299 e. The van der Waals surface area contributed by atoms with Crippen LogP contribution in [0.1, 0.15) is 0 Å². The number of fused-ring (bicyclic) bond motifs is 8. The topological polar surface area (TPSA) is 68.9 Å². The molecule has 5 aromatic heterocycles. The molecule has 0 fully saturated rings. The molecule has 0 bridgehead atoms. The fourth-order valence-corrected chi connectivity index (χ4v) is 8.60. The van der Waals surface area contributed by atoms with Gasteiger partial charge in [0.1, 0.15) is 5.65 Å². The highest BCUT2D eigenvalue weighted by molar-refractivity contribution is 6.12. The van der Waals surface area contributed by atoms with Gasteiger partial charge < -0.3 is 0 Å². The van der Waals surface area contributed by atoms with Gasteiger partial charge in [-0.25, -0.2) is 24.9 Å². The predicted molar refractivity (Wildman–Crippen MR) is 241 cm³/mol. The highest BCUT2D eigenvalue weighted by atomic mass is 15.0. The highest BCUT2D eigenvalue weighted by Crippen LogP contribution is 2.39. The minimum absolute atomic E-state index is 0.593. The monoisotopic (exact) mass is 752 g/mol. The second-order valence-electron chi connectivity index (χ2n) is 14.9. The van der Waals surface area contributed by atoms with Gasteiger partial charge in [0.25, 0.3) is 0 Å². The number of para-hydroxylation sites is 2. The summed E-state index contributed by atoms with van der Waals surface area (Å²) >= 11 is 0. The Morgan fingerprint density at radius 1 is 0.322 bits per heavy atom. The molecule has 274 valence electrons. The normalized spacial score (nSPS) is 11.7. The zero-order valence-corrected chi connectivity index (χ0v) is 31.7. The van der Waals surface area contributed by atoms with Crippen molar-refractivity contribution in [3.63, 3.8) is 0 Å². The summed E-state index contributed by atoms with van der Waals surface area (Å²) in [6.07, 6.45) is 2.08. The average molecular weight is 753 g/mol. The standard InChI is InChI=1S/C53H32N6/c1-2-14-36-31-37(29-24-33(36)13-1)49-52(59-30-12-11-23-48(59)58-49)34-25-27-35(28-26-34)53-56-46(50-42-19-5-3-15-38(42)40-17-7-9-21-44(40)54-50)32-47(57-53)51-43-20-6-4-16-39(43)41-18-8-10-22-45(41)55-51/h1-32H. The van der Waals surface area contributed by atoms with Crippen LogP contribution in [0.4, 0.5) is 0 Å². The Labute approximate surface area is 338 Å². The van der Waals surface area contributed by atoms with Crippen LogP contribution in [-0.2, 0) is 0 Å². The lowest BCUT2D eigenvalue weighted by Crippen LogP contribution is -2.00. The quantitative estimate of drug-likeness (QED) is 0.164. The van der Waals surface area contributed by atoms with Crippen molar-refractivity contribution in [2.75, 3.05) is 0 Å². The summed E-state index contributed by atoms with van der Waals surface area (Å²) in [5, 5.41) is 8.91. The molecule has 5 heterocycles. The van der Waals surface area contributed by atoms with E-state index in [1.54, 1.807) is 0 Å². The van der Waals surface area contributed by atoms with E-state index in [-0.39, 0.29) is 0 Å². The third-order valence-electron chi connectivity index (χ3n) is 11.4. The van der Waals surface area contributed by atoms with Crippen molar-refractivity contribution in [1.29, 1.82) is 0 Å². The van der Waals surface area contributed by atoms with E-state index in [4.69, 9.17) is 24.9 Å². The van der Waals surface area contributed by atoms with E-state index >= 15 is 0 Å². The first-order valence-electron chi connectivity index (χ1n) is 19.8. The molecular weight excluding hydrogens is 721 g/mol. The van der Waals surface area contributed by atoms with Crippen molar-refractivity contribution in [3.8, 4) is 56.7 Å². The Hall–Kier alpha value is -8.09. The number of nitrogens with zero attached hydrogens (tertiary/aromatic N) is 6. The third-order valence-corrected chi connectivity index (χ3v) is 11.4. The molecule has 0 radical (unpaired) electrons. The van der Waals surface area contributed by atoms with Crippen LogP contribution in [0.15, 0.2) is 194 Å². The van der Waals surface area contributed by atoms with E-state index in [9.17, 15) is 0 Å². The summed E-state index contributed by atoms with van der Waals surface area (Å²) in [7, 11) is 0. The number of imidazole rings is 1. The van der Waals surface area contributed by atoms with Crippen LogP contribution in [0.25, 0.3) is 116 Å². The first-order chi connectivity index (χ1) is 29.2. The van der Waals surface area contributed by atoms with Gasteiger partial charge in [0.2, 0.25) is 0 Å². The van der Waals surface area contributed by atoms with E-state index in [1.165, 1.54) is 10.8 Å². The van der Waals surface area contributed by atoms with Crippen LogP contribution in [0.2, 0.25) is 0 Å². The molecule has 0 saturated heterocycles. The highest BCUT2D eigenvalue weighted by Gasteiger charge is 2.20. The van der Waals surface area contributed by atoms with E-state index < -0.39 is 0 Å². The lowest BCUT2D eigenvalue weighted by molar-refractivity contribution is 1.16. The maximum absolute atomic E-state index is 5.32. The molecule has 0 N–H and O–H groups in total. The Morgan fingerprint density at radius 3 is 1.47 bits per heavy atom. The first-order valence-corrected chi connectivity index (χ1v) is 19.8. The molecule has 59 heavy (non-hydrogen) atoms. The Balaban J connectivity index is 1.07. The predicted octanol–water partition coefficient (Wildman–Crippen LogP) is 13.0. The fraction of sp³-hybridized carbons (Fsp3) is 0. The molecular formula is C53H32N6. The molecule has 12 aromatic rings. The fourth-order valence-electron chi connectivity index (χ4n) is 8.60.